The fourth-order valence-corrected chi connectivity index (χ4v) is 5.25. The van der Waals surface area contributed by atoms with Crippen LogP contribution in [0.4, 0.5) is 20.2 Å². The molecule has 1 unspecified atom stereocenters. The SMILES string of the molecule is COc1cc(F)ccc1C(c1ccc(F)cc1)N1CCN(c2c([N+](=O)[O-])c(=O)n(C)c3ccc(C#N)nc23)CC1. The van der Waals surface area contributed by atoms with Crippen molar-refractivity contribution in [3.63, 3.8) is 0 Å². The Morgan fingerprint density at radius 2 is 1.73 bits per heavy atom. The summed E-state index contributed by atoms with van der Waals surface area (Å²) >= 11 is 0. The molecule has 1 saturated heterocycles. The molecule has 0 saturated carbocycles. The van der Waals surface area contributed by atoms with Gasteiger partial charge < -0.3 is 14.2 Å². The number of benzene rings is 2. The van der Waals surface area contributed by atoms with Crippen molar-refractivity contribution in [2.24, 2.45) is 7.05 Å². The van der Waals surface area contributed by atoms with Crippen LogP contribution in [0.2, 0.25) is 0 Å². The third kappa shape index (κ3) is 4.71. The number of nitro groups is 1. The van der Waals surface area contributed by atoms with E-state index in [1.807, 2.05) is 6.07 Å². The van der Waals surface area contributed by atoms with Gasteiger partial charge in [0, 0.05) is 44.9 Å². The maximum atomic E-state index is 14.0. The van der Waals surface area contributed by atoms with E-state index in [4.69, 9.17) is 4.74 Å². The molecule has 0 amide bonds. The standard InChI is InChI=1S/C28H24F2N6O4/c1-33-22-10-8-20(16-31)32-24(22)26(27(28(33)37)36(38)39)35-13-11-34(12-14-35)25(17-3-5-18(29)6-4-17)21-9-7-19(30)15-23(21)40-2/h3-10,15,25H,11-14H2,1-2H3. The van der Waals surface area contributed by atoms with Crippen molar-refractivity contribution in [3.05, 3.63) is 104 Å². The lowest BCUT2D eigenvalue weighted by Gasteiger charge is -2.40. The molecule has 4 aromatic rings. The zero-order chi connectivity index (χ0) is 28.6. The first-order valence-electron chi connectivity index (χ1n) is 12.4. The molecule has 1 atom stereocenters. The maximum absolute atomic E-state index is 14.0. The van der Waals surface area contributed by atoms with Crippen LogP contribution in [0.15, 0.2) is 59.4 Å². The van der Waals surface area contributed by atoms with E-state index in [1.54, 1.807) is 29.2 Å². The summed E-state index contributed by atoms with van der Waals surface area (Å²) < 4.78 is 34.4. The molecule has 2 aromatic heterocycles. The molecule has 40 heavy (non-hydrogen) atoms. The van der Waals surface area contributed by atoms with Crippen molar-refractivity contribution < 1.29 is 18.4 Å². The van der Waals surface area contributed by atoms with E-state index >= 15 is 0 Å². The average Bonchev–Trinajstić information content (AvgIpc) is 2.96. The quantitative estimate of drug-likeness (QED) is 0.264. The summed E-state index contributed by atoms with van der Waals surface area (Å²) in [4.78, 5) is 32.6. The van der Waals surface area contributed by atoms with Gasteiger partial charge >= 0.3 is 11.2 Å². The number of nitriles is 1. The van der Waals surface area contributed by atoms with Crippen LogP contribution in [0.5, 0.6) is 5.75 Å². The van der Waals surface area contributed by atoms with Crippen molar-refractivity contribution in [1.82, 2.24) is 14.5 Å². The van der Waals surface area contributed by atoms with Gasteiger partial charge in [0.15, 0.2) is 5.69 Å². The van der Waals surface area contributed by atoms with E-state index in [-0.39, 0.29) is 30.0 Å². The number of hydrogen-bond acceptors (Lipinski definition) is 8. The molecule has 3 heterocycles. The Kier molecular flexibility index (Phi) is 7.15. The van der Waals surface area contributed by atoms with Crippen LogP contribution >= 0.6 is 0 Å². The second-order valence-corrected chi connectivity index (χ2v) is 9.36. The molecule has 1 fully saturated rings. The molecule has 0 aliphatic carbocycles. The summed E-state index contributed by atoms with van der Waals surface area (Å²) in [6.07, 6.45) is 0. The number of ether oxygens (including phenoxy) is 1. The molecule has 0 N–H and O–H groups in total. The third-order valence-electron chi connectivity index (χ3n) is 7.16. The minimum Gasteiger partial charge on any atom is -0.496 e. The van der Waals surface area contributed by atoms with Gasteiger partial charge in [0.1, 0.15) is 34.7 Å². The number of fused-ring (bicyclic) bond motifs is 1. The van der Waals surface area contributed by atoms with E-state index in [2.05, 4.69) is 9.88 Å². The molecular weight excluding hydrogens is 522 g/mol. The van der Waals surface area contributed by atoms with E-state index < -0.39 is 33.8 Å². The summed E-state index contributed by atoms with van der Waals surface area (Å²) in [5, 5.41) is 21.5. The van der Waals surface area contributed by atoms with Gasteiger partial charge in [0.2, 0.25) is 0 Å². The smallest absolute Gasteiger partial charge is 0.359 e. The van der Waals surface area contributed by atoms with Crippen LogP contribution in [-0.2, 0) is 7.05 Å². The monoisotopic (exact) mass is 546 g/mol. The van der Waals surface area contributed by atoms with Crippen molar-refractivity contribution in [2.45, 2.75) is 6.04 Å². The first-order valence-corrected chi connectivity index (χ1v) is 12.4. The molecule has 1 aliphatic rings. The number of rotatable bonds is 6. The Hall–Kier alpha value is -4.89. The second kappa shape index (κ2) is 10.7. The minimum absolute atomic E-state index is 0.0672. The Morgan fingerprint density at radius 3 is 2.35 bits per heavy atom. The van der Waals surface area contributed by atoms with Crippen molar-refractivity contribution in [3.8, 4) is 11.8 Å². The summed E-state index contributed by atoms with van der Waals surface area (Å²) in [5.41, 5.74) is 0.740. The van der Waals surface area contributed by atoms with Crippen LogP contribution in [-0.4, -0.2) is 52.7 Å². The average molecular weight is 547 g/mol. The first-order chi connectivity index (χ1) is 19.2. The predicted molar refractivity (Wildman–Crippen MR) is 143 cm³/mol. The lowest BCUT2D eigenvalue weighted by atomic mass is 9.95. The van der Waals surface area contributed by atoms with Gasteiger partial charge in [-0.15, -0.1) is 0 Å². The van der Waals surface area contributed by atoms with Crippen LogP contribution in [0, 0.1) is 33.1 Å². The number of halogens is 2. The van der Waals surface area contributed by atoms with Gasteiger partial charge in [0.05, 0.1) is 23.6 Å². The molecule has 2 aromatic carbocycles. The molecule has 1 aliphatic heterocycles. The van der Waals surface area contributed by atoms with Crippen LogP contribution < -0.4 is 15.2 Å². The van der Waals surface area contributed by atoms with E-state index in [9.17, 15) is 29.0 Å². The van der Waals surface area contributed by atoms with Gasteiger partial charge in [-0.2, -0.15) is 5.26 Å². The molecule has 10 nitrogen and oxygen atoms in total. The lowest BCUT2D eigenvalue weighted by molar-refractivity contribution is -0.385. The van der Waals surface area contributed by atoms with Crippen molar-refractivity contribution >= 4 is 22.4 Å². The number of nitrogens with zero attached hydrogens (tertiary/aromatic N) is 6. The van der Waals surface area contributed by atoms with E-state index in [0.717, 1.165) is 10.1 Å². The number of pyridine rings is 2. The highest BCUT2D eigenvalue weighted by atomic mass is 19.1. The number of methoxy groups -OCH3 is 1. The number of piperazine rings is 1. The summed E-state index contributed by atoms with van der Waals surface area (Å²) in [6.45, 7) is 1.33. The number of hydrogen-bond donors (Lipinski definition) is 0. The highest BCUT2D eigenvalue weighted by Gasteiger charge is 2.34. The molecule has 0 radical (unpaired) electrons. The van der Waals surface area contributed by atoms with Gasteiger partial charge in [-0.25, -0.2) is 13.8 Å². The fraction of sp³-hybridized carbons (Fsp3) is 0.250. The number of anilines is 1. The summed E-state index contributed by atoms with van der Waals surface area (Å²) in [6, 6.07) is 14.8. The minimum atomic E-state index is -0.776. The maximum Gasteiger partial charge on any atom is 0.359 e. The largest absolute Gasteiger partial charge is 0.496 e. The molecule has 0 spiro atoms. The summed E-state index contributed by atoms with van der Waals surface area (Å²) in [5.74, 6) is -0.525. The lowest BCUT2D eigenvalue weighted by Crippen LogP contribution is -2.48. The molecule has 0 bridgehead atoms. The number of aromatic nitrogens is 2. The number of aryl methyl sites for hydroxylation is 1. The van der Waals surface area contributed by atoms with E-state index in [0.29, 0.717) is 29.9 Å². The van der Waals surface area contributed by atoms with Crippen molar-refractivity contribution in [2.75, 3.05) is 38.2 Å². The normalized spacial score (nSPS) is 14.6. The Labute approximate surface area is 227 Å². The van der Waals surface area contributed by atoms with Crippen LogP contribution in [0.25, 0.3) is 11.0 Å². The highest BCUT2D eigenvalue weighted by Crippen LogP contribution is 2.38. The zero-order valence-corrected chi connectivity index (χ0v) is 21.7. The molecule has 12 heteroatoms. The first kappa shape index (κ1) is 26.7. The fourth-order valence-electron chi connectivity index (χ4n) is 5.25. The zero-order valence-electron chi connectivity index (χ0n) is 21.7. The molecule has 5 rings (SSSR count). The van der Waals surface area contributed by atoms with Crippen molar-refractivity contribution in [1.29, 1.82) is 5.26 Å². The predicted octanol–water partition coefficient (Wildman–Crippen LogP) is 3.91. The third-order valence-corrected chi connectivity index (χ3v) is 7.16. The Balaban J connectivity index is 1.57. The molecule has 204 valence electrons. The van der Waals surface area contributed by atoms with Gasteiger partial charge in [-0.3, -0.25) is 19.8 Å². The van der Waals surface area contributed by atoms with Gasteiger partial charge in [-0.05, 0) is 35.9 Å². The second-order valence-electron chi connectivity index (χ2n) is 9.36. The van der Waals surface area contributed by atoms with Gasteiger partial charge in [0.25, 0.3) is 0 Å². The summed E-state index contributed by atoms with van der Waals surface area (Å²) in [7, 11) is 2.87. The molecular formula is C28H24F2N6O4. The highest BCUT2D eigenvalue weighted by molar-refractivity contribution is 5.94. The van der Waals surface area contributed by atoms with Gasteiger partial charge in [-0.1, -0.05) is 18.2 Å². The van der Waals surface area contributed by atoms with Crippen LogP contribution in [0.1, 0.15) is 22.9 Å². The topological polar surface area (TPSA) is 118 Å². The van der Waals surface area contributed by atoms with Crippen LogP contribution in [0.3, 0.4) is 0 Å². The Morgan fingerprint density at radius 1 is 1.05 bits per heavy atom. The Bertz CT molecular complexity index is 1710. The van der Waals surface area contributed by atoms with E-state index in [1.165, 1.54) is 44.5 Å².